The van der Waals surface area contributed by atoms with Crippen LogP contribution in [0.5, 0.6) is 0 Å². The lowest BCUT2D eigenvalue weighted by molar-refractivity contribution is 0.0986. The summed E-state index contributed by atoms with van der Waals surface area (Å²) < 4.78 is 45.5. The predicted octanol–water partition coefficient (Wildman–Crippen LogP) is 3.10. The Hall–Kier alpha value is -2.75. The van der Waals surface area contributed by atoms with E-state index in [9.17, 15) is 17.8 Å². The number of aliphatic imine (C=N–C) groups is 1. The van der Waals surface area contributed by atoms with Crippen molar-refractivity contribution in [2.24, 2.45) is 15.1 Å². The zero-order chi connectivity index (χ0) is 23.3. The number of Topliss-reactive ketones (excluding diaryl/α,β-unsaturated/α-hetero) is 1. The standard InChI is InChI=1S/C22H25F2N5O2S/c1-13-9-14(23)11-26-18(13)17(30)10-15-5-6-16(24)19(28-15)21(2)12-32(31)22(3,20(25)29-21)7-4-8-27-32/h5-6,9,11H,4,7-8,10,12H2,1-3H3,(H2,25,29). The fourth-order valence-electron chi connectivity index (χ4n) is 4.38. The van der Waals surface area contributed by atoms with Gasteiger partial charge in [0.2, 0.25) is 0 Å². The Bertz CT molecular complexity index is 1270. The molecule has 2 aromatic rings. The van der Waals surface area contributed by atoms with Crippen LogP contribution in [-0.2, 0) is 21.7 Å². The zero-order valence-electron chi connectivity index (χ0n) is 18.2. The minimum Gasteiger partial charge on any atom is -0.386 e. The molecule has 2 aliphatic rings. The number of aryl methyl sites for hydroxylation is 1. The van der Waals surface area contributed by atoms with E-state index in [4.69, 9.17) is 5.73 Å². The maximum absolute atomic E-state index is 14.9. The van der Waals surface area contributed by atoms with E-state index in [-0.39, 0.29) is 35.2 Å². The molecule has 2 aromatic heterocycles. The molecule has 2 aliphatic heterocycles. The summed E-state index contributed by atoms with van der Waals surface area (Å²) in [4.78, 5) is 25.5. The molecular formula is C22H25F2N5O2S. The second-order valence-electron chi connectivity index (χ2n) is 8.79. The van der Waals surface area contributed by atoms with Gasteiger partial charge in [-0.15, -0.1) is 0 Å². The van der Waals surface area contributed by atoms with E-state index < -0.39 is 31.6 Å². The molecule has 0 saturated carbocycles. The third-order valence-corrected chi connectivity index (χ3v) is 9.64. The Kier molecular flexibility index (Phi) is 5.39. The van der Waals surface area contributed by atoms with Gasteiger partial charge in [-0.1, -0.05) is 0 Å². The van der Waals surface area contributed by atoms with E-state index in [1.54, 1.807) is 20.8 Å². The smallest absolute Gasteiger partial charge is 0.187 e. The van der Waals surface area contributed by atoms with Crippen LogP contribution >= 0.6 is 0 Å². The molecule has 4 rings (SSSR count). The van der Waals surface area contributed by atoms with Gasteiger partial charge in [0.05, 0.1) is 28.1 Å². The number of nitrogens with two attached hydrogens (primary N) is 1. The summed E-state index contributed by atoms with van der Waals surface area (Å²) >= 11 is 0. The monoisotopic (exact) mass is 461 g/mol. The van der Waals surface area contributed by atoms with Crippen molar-refractivity contribution >= 4 is 21.3 Å². The molecule has 32 heavy (non-hydrogen) atoms. The number of hydrogen-bond donors (Lipinski definition) is 1. The number of nitrogens with zero attached hydrogens (tertiary/aromatic N) is 4. The molecule has 3 unspecified atom stereocenters. The Labute approximate surface area is 185 Å². The summed E-state index contributed by atoms with van der Waals surface area (Å²) in [5, 5.41) is 0. The van der Waals surface area contributed by atoms with E-state index in [1.165, 1.54) is 18.2 Å². The van der Waals surface area contributed by atoms with E-state index in [2.05, 4.69) is 19.3 Å². The number of aromatic nitrogens is 2. The van der Waals surface area contributed by atoms with E-state index in [0.29, 0.717) is 24.2 Å². The maximum Gasteiger partial charge on any atom is 0.187 e. The predicted molar refractivity (Wildman–Crippen MR) is 118 cm³/mol. The van der Waals surface area contributed by atoms with Gasteiger partial charge < -0.3 is 5.73 Å². The summed E-state index contributed by atoms with van der Waals surface area (Å²) in [6.07, 6.45) is 2.20. The fraction of sp³-hybridized carbons (Fsp3) is 0.455. The van der Waals surface area contributed by atoms with Gasteiger partial charge >= 0.3 is 0 Å². The highest BCUT2D eigenvalue weighted by molar-refractivity contribution is 7.95. The number of amidine groups is 1. The van der Waals surface area contributed by atoms with Gasteiger partial charge in [-0.25, -0.2) is 22.3 Å². The molecular weight excluding hydrogens is 436 g/mol. The van der Waals surface area contributed by atoms with Gasteiger partial charge in [0.25, 0.3) is 0 Å². The minimum absolute atomic E-state index is 0.00283. The van der Waals surface area contributed by atoms with Gasteiger partial charge in [0.15, 0.2) is 5.78 Å². The molecule has 0 aliphatic carbocycles. The topological polar surface area (TPSA) is 111 Å². The average molecular weight is 462 g/mol. The summed E-state index contributed by atoms with van der Waals surface area (Å²) in [6, 6.07) is 3.85. The van der Waals surface area contributed by atoms with Crippen molar-refractivity contribution in [2.75, 3.05) is 12.3 Å². The van der Waals surface area contributed by atoms with Crippen molar-refractivity contribution in [3.8, 4) is 0 Å². The molecule has 10 heteroatoms. The molecule has 0 aromatic carbocycles. The molecule has 3 atom stereocenters. The number of pyridine rings is 2. The molecule has 170 valence electrons. The maximum atomic E-state index is 14.9. The first kappa shape index (κ1) is 22.4. The highest BCUT2D eigenvalue weighted by Crippen LogP contribution is 2.41. The van der Waals surface area contributed by atoms with Crippen LogP contribution in [0.1, 0.15) is 54.1 Å². The number of carbonyl (C=O) groups excluding carboxylic acids is 1. The Balaban J connectivity index is 1.72. The van der Waals surface area contributed by atoms with Crippen LogP contribution in [0.25, 0.3) is 0 Å². The highest BCUT2D eigenvalue weighted by atomic mass is 32.2. The molecule has 7 nitrogen and oxygen atoms in total. The van der Waals surface area contributed by atoms with Crippen molar-refractivity contribution in [1.82, 2.24) is 9.97 Å². The van der Waals surface area contributed by atoms with Crippen LogP contribution < -0.4 is 5.73 Å². The van der Waals surface area contributed by atoms with Crippen molar-refractivity contribution in [2.45, 2.75) is 50.3 Å². The van der Waals surface area contributed by atoms with E-state index >= 15 is 0 Å². The van der Waals surface area contributed by atoms with Crippen LogP contribution in [-0.4, -0.2) is 42.8 Å². The quantitative estimate of drug-likeness (QED) is 0.704. The number of hydrogen-bond acceptors (Lipinski definition) is 7. The molecule has 2 N–H and O–H groups in total. The largest absolute Gasteiger partial charge is 0.386 e. The number of rotatable bonds is 4. The summed E-state index contributed by atoms with van der Waals surface area (Å²) in [6.45, 7) is 5.49. The number of carbonyl (C=O) groups is 1. The minimum atomic E-state index is -2.79. The lowest BCUT2D eigenvalue weighted by Gasteiger charge is -2.43. The van der Waals surface area contributed by atoms with Crippen LogP contribution in [0, 0.1) is 18.6 Å². The molecule has 0 radical (unpaired) electrons. The van der Waals surface area contributed by atoms with Crippen molar-refractivity contribution in [1.29, 1.82) is 0 Å². The second-order valence-corrected chi connectivity index (χ2v) is 11.5. The molecule has 0 bridgehead atoms. The average Bonchev–Trinajstić information content (AvgIpc) is 2.70. The van der Waals surface area contributed by atoms with Gasteiger partial charge in [-0.05, 0) is 57.4 Å². The SMILES string of the molecule is Cc1cc(F)cnc1C(=O)Cc1ccc(F)c(C2(C)CS3(=O)=NCCCC3(C)C(N)=N2)n1. The van der Waals surface area contributed by atoms with Crippen LogP contribution in [0.2, 0.25) is 0 Å². The zero-order valence-corrected chi connectivity index (χ0v) is 19.0. The number of halogens is 2. The van der Waals surface area contributed by atoms with Gasteiger partial charge in [-0.2, -0.15) is 0 Å². The van der Waals surface area contributed by atoms with Crippen LogP contribution in [0.3, 0.4) is 0 Å². The Morgan fingerprint density at radius 2 is 2.03 bits per heavy atom. The third-order valence-electron chi connectivity index (χ3n) is 6.27. The Morgan fingerprint density at radius 3 is 2.75 bits per heavy atom. The van der Waals surface area contributed by atoms with E-state index in [0.717, 1.165) is 12.6 Å². The summed E-state index contributed by atoms with van der Waals surface area (Å²) in [5.41, 5.74) is 5.79. The number of ketones is 1. The van der Waals surface area contributed by atoms with Crippen molar-refractivity contribution < 1.29 is 17.8 Å². The van der Waals surface area contributed by atoms with Gasteiger partial charge in [0.1, 0.15) is 39.1 Å². The van der Waals surface area contributed by atoms with Crippen molar-refractivity contribution in [3.05, 3.63) is 58.7 Å². The molecule has 0 spiro atoms. The lowest BCUT2D eigenvalue weighted by Crippen LogP contribution is -2.57. The van der Waals surface area contributed by atoms with Gasteiger partial charge in [-0.3, -0.25) is 14.8 Å². The van der Waals surface area contributed by atoms with Crippen molar-refractivity contribution in [3.63, 3.8) is 0 Å². The van der Waals surface area contributed by atoms with Crippen LogP contribution in [0.4, 0.5) is 8.78 Å². The normalized spacial score (nSPS) is 29.6. The lowest BCUT2D eigenvalue weighted by atomic mass is 9.96. The van der Waals surface area contributed by atoms with Gasteiger partial charge in [0, 0.05) is 12.2 Å². The highest BCUT2D eigenvalue weighted by Gasteiger charge is 2.51. The first-order valence-electron chi connectivity index (χ1n) is 10.3. The van der Waals surface area contributed by atoms with E-state index in [1.807, 2.05) is 0 Å². The summed E-state index contributed by atoms with van der Waals surface area (Å²) in [5.74, 6) is -1.34. The third kappa shape index (κ3) is 3.60. The molecule has 0 fully saturated rings. The fourth-order valence-corrected chi connectivity index (χ4v) is 7.30. The summed E-state index contributed by atoms with van der Waals surface area (Å²) in [7, 11) is -2.79. The Morgan fingerprint density at radius 1 is 1.28 bits per heavy atom. The molecule has 4 heterocycles. The first-order chi connectivity index (χ1) is 15.0. The van der Waals surface area contributed by atoms with Crippen LogP contribution in [0.15, 0.2) is 33.8 Å². The molecule has 0 amide bonds. The first-order valence-corrected chi connectivity index (χ1v) is 12.0. The number of fused-ring (bicyclic) bond motifs is 1. The molecule has 0 saturated heterocycles. The second kappa shape index (κ2) is 7.68.